The summed E-state index contributed by atoms with van der Waals surface area (Å²) in [4.78, 5) is 23.0. The van der Waals surface area contributed by atoms with Gasteiger partial charge in [0.25, 0.3) is 11.6 Å². The van der Waals surface area contributed by atoms with Gasteiger partial charge in [0.1, 0.15) is 0 Å². The van der Waals surface area contributed by atoms with Crippen molar-refractivity contribution >= 4 is 61.8 Å². The number of non-ortho nitro benzene ring substituents is 1. The zero-order valence-electron chi connectivity index (χ0n) is 13.8. The number of benzene rings is 2. The van der Waals surface area contributed by atoms with Crippen LogP contribution in [-0.2, 0) is 0 Å². The number of phenols is 1. The van der Waals surface area contributed by atoms with Gasteiger partial charge in [0.2, 0.25) is 0 Å². The Bertz CT molecular complexity index is 1080. The summed E-state index contributed by atoms with van der Waals surface area (Å²) in [5, 5.41) is 25.2. The van der Waals surface area contributed by atoms with E-state index in [2.05, 4.69) is 10.5 Å². The maximum Gasteiger partial charge on any atom is 0.281 e. The highest BCUT2D eigenvalue weighted by atomic mass is 127. The Morgan fingerprint density at radius 3 is 2.85 bits per heavy atom. The quantitative estimate of drug-likeness (QED) is 0.240. The number of fused-ring (bicyclic) bond motifs is 1. The van der Waals surface area contributed by atoms with Crippen molar-refractivity contribution in [1.82, 2.24) is 5.43 Å². The molecule has 138 valence electrons. The number of rotatable bonds is 5. The van der Waals surface area contributed by atoms with Crippen LogP contribution in [0.1, 0.15) is 15.2 Å². The lowest BCUT2D eigenvalue weighted by Gasteiger charge is -2.06. The van der Waals surface area contributed by atoms with Crippen molar-refractivity contribution in [1.29, 1.82) is 0 Å². The molecule has 0 aliphatic heterocycles. The fourth-order valence-electron chi connectivity index (χ4n) is 2.30. The molecule has 0 aliphatic rings. The molecular formula is C17H12IN3O5S. The third-order valence-corrected chi connectivity index (χ3v) is 5.52. The minimum atomic E-state index is -0.478. The fraction of sp³-hybridized carbons (Fsp3) is 0.0588. The van der Waals surface area contributed by atoms with E-state index in [1.165, 1.54) is 36.8 Å². The Labute approximate surface area is 170 Å². The van der Waals surface area contributed by atoms with Crippen LogP contribution < -0.4 is 10.2 Å². The number of hydrogen-bond acceptors (Lipinski definition) is 7. The average molecular weight is 497 g/mol. The Kier molecular flexibility index (Phi) is 5.56. The first-order valence-corrected chi connectivity index (χ1v) is 9.36. The number of methoxy groups -OCH3 is 1. The molecule has 8 nitrogen and oxygen atoms in total. The number of phenolic OH excluding ortho intramolecular Hbond substituents is 1. The SMILES string of the molecule is COc1cc(/C=N\NC(=O)c2cc3cc([N+](=O)[O-])ccc3s2)cc(I)c1O. The van der Waals surface area contributed by atoms with Crippen molar-refractivity contribution in [3.05, 3.63) is 60.5 Å². The average Bonchev–Trinajstić information content (AvgIpc) is 3.07. The van der Waals surface area contributed by atoms with Crippen LogP contribution in [0.4, 0.5) is 5.69 Å². The van der Waals surface area contributed by atoms with Gasteiger partial charge in [-0.2, -0.15) is 5.10 Å². The Hall–Kier alpha value is -2.73. The van der Waals surface area contributed by atoms with Crippen LogP contribution in [0.3, 0.4) is 0 Å². The Morgan fingerprint density at radius 1 is 1.37 bits per heavy atom. The largest absolute Gasteiger partial charge is 0.504 e. The summed E-state index contributed by atoms with van der Waals surface area (Å²) >= 11 is 3.18. The van der Waals surface area contributed by atoms with Crippen LogP contribution in [0.15, 0.2) is 41.5 Å². The molecule has 10 heteroatoms. The number of hydrogen-bond donors (Lipinski definition) is 2. The number of aromatic hydroxyl groups is 1. The summed E-state index contributed by atoms with van der Waals surface area (Å²) in [6.45, 7) is 0. The summed E-state index contributed by atoms with van der Waals surface area (Å²) in [6.07, 6.45) is 1.43. The van der Waals surface area contributed by atoms with Gasteiger partial charge in [-0.25, -0.2) is 5.43 Å². The van der Waals surface area contributed by atoms with E-state index >= 15 is 0 Å². The van der Waals surface area contributed by atoms with Gasteiger partial charge < -0.3 is 9.84 Å². The van der Waals surface area contributed by atoms with Crippen molar-refractivity contribution in [3.8, 4) is 11.5 Å². The molecule has 0 fully saturated rings. The van der Waals surface area contributed by atoms with Gasteiger partial charge in [-0.15, -0.1) is 11.3 Å². The van der Waals surface area contributed by atoms with E-state index in [1.807, 2.05) is 22.6 Å². The molecule has 0 atom stereocenters. The number of hydrazone groups is 1. The predicted octanol–water partition coefficient (Wildman–Crippen LogP) is 3.89. The summed E-state index contributed by atoms with van der Waals surface area (Å²) < 4.78 is 6.43. The minimum Gasteiger partial charge on any atom is -0.504 e. The third kappa shape index (κ3) is 4.17. The summed E-state index contributed by atoms with van der Waals surface area (Å²) in [5.41, 5.74) is 3.03. The number of nitro groups is 1. The first kappa shape index (κ1) is 19.0. The van der Waals surface area contributed by atoms with Crippen LogP contribution in [0.5, 0.6) is 11.5 Å². The maximum absolute atomic E-state index is 12.3. The van der Waals surface area contributed by atoms with E-state index in [4.69, 9.17) is 4.74 Å². The molecule has 3 aromatic rings. The fourth-order valence-corrected chi connectivity index (χ4v) is 3.86. The van der Waals surface area contributed by atoms with Gasteiger partial charge in [0, 0.05) is 22.2 Å². The van der Waals surface area contributed by atoms with E-state index in [0.29, 0.717) is 25.1 Å². The monoisotopic (exact) mass is 497 g/mol. The molecule has 1 aromatic heterocycles. The zero-order chi connectivity index (χ0) is 19.6. The first-order valence-electron chi connectivity index (χ1n) is 7.47. The second-order valence-corrected chi connectivity index (χ2v) is 7.59. The van der Waals surface area contributed by atoms with Gasteiger partial charge in [-0.1, -0.05) is 0 Å². The molecule has 0 unspecified atom stereocenters. The van der Waals surface area contributed by atoms with Crippen LogP contribution in [0.25, 0.3) is 10.1 Å². The van der Waals surface area contributed by atoms with E-state index in [-0.39, 0.29) is 11.4 Å². The molecule has 3 rings (SSSR count). The topological polar surface area (TPSA) is 114 Å². The molecule has 1 amide bonds. The first-order chi connectivity index (χ1) is 12.9. The number of ether oxygens (including phenoxy) is 1. The number of thiophene rings is 1. The number of nitro benzene ring substituents is 1. The molecule has 2 N–H and O–H groups in total. The standard InChI is InChI=1S/C17H12IN3O5S/c1-26-13-5-9(4-12(18)16(13)22)8-19-20-17(23)15-7-10-6-11(21(24)25)2-3-14(10)27-15/h2-8,22H,1H3,(H,20,23)/b19-8-. The Balaban J connectivity index is 1.76. The van der Waals surface area contributed by atoms with Crippen molar-refractivity contribution in [2.45, 2.75) is 0 Å². The lowest BCUT2D eigenvalue weighted by Crippen LogP contribution is -2.16. The number of halogens is 1. The van der Waals surface area contributed by atoms with Gasteiger partial charge in [-0.3, -0.25) is 14.9 Å². The van der Waals surface area contributed by atoms with Crippen molar-refractivity contribution < 1.29 is 19.6 Å². The molecule has 0 spiro atoms. The summed E-state index contributed by atoms with van der Waals surface area (Å²) in [7, 11) is 1.44. The molecule has 0 bridgehead atoms. The van der Waals surface area contributed by atoms with Gasteiger partial charge in [0.15, 0.2) is 11.5 Å². The molecule has 27 heavy (non-hydrogen) atoms. The van der Waals surface area contributed by atoms with Crippen molar-refractivity contribution in [3.63, 3.8) is 0 Å². The second kappa shape index (κ2) is 7.88. The third-order valence-electron chi connectivity index (χ3n) is 3.58. The van der Waals surface area contributed by atoms with Crippen molar-refractivity contribution in [2.24, 2.45) is 5.10 Å². The molecular weight excluding hydrogens is 485 g/mol. The maximum atomic E-state index is 12.3. The molecule has 0 saturated carbocycles. The molecule has 1 heterocycles. The summed E-state index contributed by atoms with van der Waals surface area (Å²) in [5.74, 6) is -0.0741. The predicted molar refractivity (Wildman–Crippen MR) is 111 cm³/mol. The lowest BCUT2D eigenvalue weighted by molar-refractivity contribution is -0.384. The van der Waals surface area contributed by atoms with E-state index in [0.717, 1.165) is 4.70 Å². The van der Waals surface area contributed by atoms with Crippen LogP contribution >= 0.6 is 33.9 Å². The van der Waals surface area contributed by atoms with Gasteiger partial charge in [-0.05, 0) is 52.4 Å². The molecule has 2 aromatic carbocycles. The van der Waals surface area contributed by atoms with Gasteiger partial charge >= 0.3 is 0 Å². The van der Waals surface area contributed by atoms with E-state index in [1.54, 1.807) is 24.3 Å². The number of carbonyl (C=O) groups excluding carboxylic acids is 1. The molecule has 0 saturated heterocycles. The van der Waals surface area contributed by atoms with Crippen molar-refractivity contribution in [2.75, 3.05) is 7.11 Å². The highest BCUT2D eigenvalue weighted by Gasteiger charge is 2.13. The van der Waals surface area contributed by atoms with E-state index in [9.17, 15) is 20.0 Å². The second-order valence-electron chi connectivity index (χ2n) is 5.34. The molecule has 0 aliphatic carbocycles. The zero-order valence-corrected chi connectivity index (χ0v) is 16.8. The summed E-state index contributed by atoms with van der Waals surface area (Å²) in [6, 6.07) is 9.31. The van der Waals surface area contributed by atoms with Crippen LogP contribution in [0, 0.1) is 13.7 Å². The smallest absolute Gasteiger partial charge is 0.281 e. The highest BCUT2D eigenvalue weighted by Crippen LogP contribution is 2.32. The van der Waals surface area contributed by atoms with Gasteiger partial charge in [0.05, 0.1) is 26.7 Å². The van der Waals surface area contributed by atoms with Crippen LogP contribution in [-0.4, -0.2) is 29.3 Å². The normalized spacial score (nSPS) is 11.0. The Morgan fingerprint density at radius 2 is 2.15 bits per heavy atom. The minimum absolute atomic E-state index is 0.0267. The number of amides is 1. The molecule has 0 radical (unpaired) electrons. The highest BCUT2D eigenvalue weighted by molar-refractivity contribution is 14.1. The van der Waals surface area contributed by atoms with Crippen LogP contribution in [0.2, 0.25) is 0 Å². The number of carbonyl (C=O) groups is 1. The van der Waals surface area contributed by atoms with E-state index < -0.39 is 10.8 Å². The lowest BCUT2D eigenvalue weighted by atomic mass is 10.2. The number of nitrogens with zero attached hydrogens (tertiary/aromatic N) is 2. The number of nitrogens with one attached hydrogen (secondary N) is 1.